The van der Waals surface area contributed by atoms with E-state index in [1.165, 1.54) is 11.1 Å². The Morgan fingerprint density at radius 2 is 2.24 bits per heavy atom. The quantitative estimate of drug-likeness (QED) is 0.463. The molecule has 0 aromatic carbocycles. The van der Waals surface area contributed by atoms with Crippen molar-refractivity contribution in [1.82, 2.24) is 0 Å². The van der Waals surface area contributed by atoms with Gasteiger partial charge in [-0.15, -0.1) is 0 Å². The molecule has 0 saturated heterocycles. The Hall–Kier alpha value is -1.39. The number of allylic oxidation sites excluding steroid dienone is 2. The molecular weight excluding hydrogens is 222 g/mol. The smallest absolute Gasteiger partial charge is 0.304 e. The number of hydrogen-bond acceptors (Lipinski definition) is 3. The van der Waals surface area contributed by atoms with Crippen LogP contribution in [-0.2, 0) is 4.79 Å². The summed E-state index contributed by atoms with van der Waals surface area (Å²) in [4.78, 5) is 21.3. The lowest BCUT2D eigenvalue weighted by atomic mass is 9.52. The normalized spacial score (nSPS) is 35.4. The van der Waals surface area contributed by atoms with Crippen molar-refractivity contribution in [1.29, 1.82) is 0 Å². The van der Waals surface area contributed by atoms with Gasteiger partial charge >= 0.3 is 5.97 Å². The van der Waals surface area contributed by atoms with E-state index in [4.69, 9.17) is 5.11 Å². The molecule has 0 amide bonds. The van der Waals surface area contributed by atoms with Gasteiger partial charge in [-0.05, 0) is 38.5 Å². The third-order valence-electron chi connectivity index (χ3n) is 4.46. The number of nitrogens with zero attached hydrogens (tertiary/aromatic N) is 1. The van der Waals surface area contributed by atoms with E-state index in [9.17, 15) is 14.9 Å². The third-order valence-corrected chi connectivity index (χ3v) is 4.46. The summed E-state index contributed by atoms with van der Waals surface area (Å²) >= 11 is 0. The van der Waals surface area contributed by atoms with Crippen molar-refractivity contribution in [3.63, 3.8) is 0 Å². The van der Waals surface area contributed by atoms with Gasteiger partial charge in [0.25, 0.3) is 0 Å². The molecule has 1 fully saturated rings. The number of fused-ring (bicyclic) bond motifs is 1. The fourth-order valence-electron chi connectivity index (χ4n) is 3.89. The van der Waals surface area contributed by atoms with Crippen molar-refractivity contribution < 1.29 is 14.8 Å². The number of aliphatic carboxylic acids is 1. The molecule has 0 aliphatic heterocycles. The van der Waals surface area contributed by atoms with Crippen LogP contribution >= 0.6 is 0 Å². The topological polar surface area (TPSA) is 80.4 Å². The van der Waals surface area contributed by atoms with Crippen LogP contribution in [0.3, 0.4) is 0 Å². The number of carboxylic acid groups (broad SMARTS) is 1. The van der Waals surface area contributed by atoms with Crippen LogP contribution in [0.2, 0.25) is 0 Å². The second-order valence-electron chi connectivity index (χ2n) is 5.53. The van der Waals surface area contributed by atoms with E-state index in [-0.39, 0.29) is 23.8 Å². The highest BCUT2D eigenvalue weighted by Crippen LogP contribution is 2.62. The molecule has 5 nitrogen and oxygen atoms in total. The fourth-order valence-corrected chi connectivity index (χ4v) is 3.89. The van der Waals surface area contributed by atoms with Gasteiger partial charge in [0.1, 0.15) is 0 Å². The van der Waals surface area contributed by atoms with Crippen LogP contribution in [0, 0.1) is 27.4 Å². The highest BCUT2D eigenvalue weighted by molar-refractivity contribution is 5.68. The Labute approximate surface area is 99.7 Å². The van der Waals surface area contributed by atoms with Crippen molar-refractivity contribution in [2.24, 2.45) is 17.3 Å². The van der Waals surface area contributed by atoms with Crippen LogP contribution in [0.4, 0.5) is 0 Å². The predicted octanol–water partition coefficient (Wildman–Crippen LogP) is 2.10. The van der Waals surface area contributed by atoms with E-state index >= 15 is 0 Å². The maximum Gasteiger partial charge on any atom is 0.304 e. The Bertz CT molecular complexity index is 397. The van der Waals surface area contributed by atoms with E-state index in [0.717, 1.165) is 6.42 Å². The molecule has 2 rings (SSSR count). The molecule has 0 bridgehead atoms. The van der Waals surface area contributed by atoms with Gasteiger partial charge < -0.3 is 5.11 Å². The first-order chi connectivity index (χ1) is 7.85. The Kier molecular flexibility index (Phi) is 2.72. The zero-order valence-corrected chi connectivity index (χ0v) is 10.1. The fraction of sp³-hybridized carbons (Fsp3) is 0.750. The van der Waals surface area contributed by atoms with E-state index in [2.05, 4.69) is 0 Å². The lowest BCUT2D eigenvalue weighted by Crippen LogP contribution is -2.51. The molecule has 2 aliphatic carbocycles. The standard InChI is InChI=1S/C12H17NO4/c1-7-3-9-4-12(5-10(14)15,6-13(16)17)11(9)8(7)2/h9,11H,3-6H2,1-2H3,(H,14,15)/t9-,11-,12+/m1/s1. The maximum absolute atomic E-state index is 10.9. The van der Waals surface area contributed by atoms with Crippen LogP contribution in [0.15, 0.2) is 11.1 Å². The van der Waals surface area contributed by atoms with Crippen LogP contribution in [-0.4, -0.2) is 22.5 Å². The second kappa shape index (κ2) is 3.82. The van der Waals surface area contributed by atoms with Gasteiger partial charge in [-0.25, -0.2) is 0 Å². The summed E-state index contributed by atoms with van der Waals surface area (Å²) in [5.41, 5.74) is 1.84. The van der Waals surface area contributed by atoms with Crippen molar-refractivity contribution in [2.75, 3.05) is 6.54 Å². The Morgan fingerprint density at radius 3 is 2.71 bits per heavy atom. The minimum Gasteiger partial charge on any atom is -0.481 e. The minimum atomic E-state index is -0.928. The van der Waals surface area contributed by atoms with Gasteiger partial charge in [-0.1, -0.05) is 11.1 Å². The second-order valence-corrected chi connectivity index (χ2v) is 5.53. The summed E-state index contributed by atoms with van der Waals surface area (Å²) in [7, 11) is 0. The molecule has 0 spiro atoms. The van der Waals surface area contributed by atoms with Crippen molar-refractivity contribution in [3.05, 3.63) is 21.3 Å². The van der Waals surface area contributed by atoms with E-state index in [1.807, 2.05) is 13.8 Å². The largest absolute Gasteiger partial charge is 0.481 e. The van der Waals surface area contributed by atoms with Gasteiger partial charge in [0.05, 0.1) is 11.8 Å². The van der Waals surface area contributed by atoms with Gasteiger partial charge in [0.2, 0.25) is 6.54 Å². The van der Waals surface area contributed by atoms with Gasteiger partial charge in [0, 0.05) is 4.92 Å². The molecule has 0 aromatic heterocycles. The minimum absolute atomic E-state index is 0.0836. The van der Waals surface area contributed by atoms with E-state index < -0.39 is 11.4 Å². The highest BCUT2D eigenvalue weighted by atomic mass is 16.6. The molecule has 5 heteroatoms. The molecule has 0 heterocycles. The van der Waals surface area contributed by atoms with E-state index in [1.54, 1.807) is 0 Å². The molecule has 1 saturated carbocycles. The molecular formula is C12H17NO4. The summed E-state index contributed by atoms with van der Waals surface area (Å²) in [5.74, 6) is -0.374. The van der Waals surface area contributed by atoms with Crippen molar-refractivity contribution in [2.45, 2.75) is 33.1 Å². The monoisotopic (exact) mass is 239 g/mol. The number of hydrogen-bond donors (Lipinski definition) is 1. The molecule has 1 N–H and O–H groups in total. The Morgan fingerprint density at radius 1 is 1.59 bits per heavy atom. The van der Waals surface area contributed by atoms with Crippen LogP contribution in [0.1, 0.15) is 33.1 Å². The average Bonchev–Trinajstić information content (AvgIpc) is 2.35. The summed E-state index contributed by atoms with van der Waals surface area (Å²) in [6.45, 7) is 3.83. The van der Waals surface area contributed by atoms with Crippen molar-refractivity contribution >= 4 is 5.97 Å². The first-order valence-electron chi connectivity index (χ1n) is 5.85. The summed E-state index contributed by atoms with van der Waals surface area (Å²) in [6, 6.07) is 0. The first-order valence-corrected chi connectivity index (χ1v) is 5.85. The molecule has 0 aromatic rings. The molecule has 0 radical (unpaired) electrons. The van der Waals surface area contributed by atoms with Crippen molar-refractivity contribution in [3.8, 4) is 0 Å². The average molecular weight is 239 g/mol. The third kappa shape index (κ3) is 1.83. The first kappa shape index (κ1) is 12.1. The van der Waals surface area contributed by atoms with Crippen LogP contribution < -0.4 is 0 Å². The van der Waals surface area contributed by atoms with Crippen LogP contribution in [0.5, 0.6) is 0 Å². The summed E-state index contributed by atoms with van der Waals surface area (Å²) in [5, 5.41) is 19.7. The van der Waals surface area contributed by atoms with E-state index in [0.29, 0.717) is 12.3 Å². The maximum atomic E-state index is 10.9. The number of rotatable bonds is 4. The number of nitro groups is 1. The predicted molar refractivity (Wildman–Crippen MR) is 61.1 cm³/mol. The highest BCUT2D eigenvalue weighted by Gasteiger charge is 2.60. The molecule has 0 unspecified atom stereocenters. The zero-order chi connectivity index (χ0) is 12.8. The Balaban J connectivity index is 2.25. The lowest BCUT2D eigenvalue weighted by molar-refractivity contribution is -0.506. The molecule has 17 heavy (non-hydrogen) atoms. The molecule has 3 atom stereocenters. The van der Waals surface area contributed by atoms with Gasteiger partial charge in [-0.2, -0.15) is 0 Å². The SMILES string of the molecule is CC1=C(C)[C@@H]2[C@H](C1)C[C@]2(CC(=O)O)C[N+](=O)[O-]. The number of carboxylic acids is 1. The zero-order valence-electron chi connectivity index (χ0n) is 10.1. The molecule has 2 aliphatic rings. The molecule has 94 valence electrons. The van der Waals surface area contributed by atoms with Gasteiger partial charge in [0.15, 0.2) is 0 Å². The lowest BCUT2D eigenvalue weighted by Gasteiger charge is -2.50. The summed E-state index contributed by atoms with van der Waals surface area (Å²) in [6.07, 6.45) is 1.58. The van der Waals surface area contributed by atoms with Gasteiger partial charge in [-0.3, -0.25) is 14.9 Å². The number of carbonyl (C=O) groups is 1. The summed E-state index contributed by atoms with van der Waals surface area (Å²) < 4.78 is 0. The van der Waals surface area contributed by atoms with Crippen LogP contribution in [0.25, 0.3) is 0 Å².